The molecule has 0 radical (unpaired) electrons. The first kappa shape index (κ1) is 25.4. The smallest absolute Gasteiger partial charge is 0.329 e. The molecular formula is C17H38N4O4P+. The number of quaternary nitrogens is 1. The van der Waals surface area contributed by atoms with Crippen LogP contribution in [0.25, 0.3) is 10.4 Å². The van der Waals surface area contributed by atoms with Gasteiger partial charge in [0.15, 0.2) is 0 Å². The van der Waals surface area contributed by atoms with Crippen LogP contribution in [0.5, 0.6) is 0 Å². The molecule has 0 bridgehead atoms. The van der Waals surface area contributed by atoms with Crippen molar-refractivity contribution in [1.82, 2.24) is 0 Å². The van der Waals surface area contributed by atoms with E-state index in [4.69, 9.17) is 14.6 Å². The van der Waals surface area contributed by atoms with Gasteiger partial charge in [-0.25, -0.2) is 4.57 Å². The van der Waals surface area contributed by atoms with Gasteiger partial charge in [-0.05, 0) is 18.4 Å². The summed E-state index contributed by atoms with van der Waals surface area (Å²) in [5.74, 6) is 0. The molecule has 0 fully saturated rings. The summed E-state index contributed by atoms with van der Waals surface area (Å²) in [5.41, 5.74) is 8.16. The second-order valence-corrected chi connectivity index (χ2v) is 9.09. The van der Waals surface area contributed by atoms with Crippen LogP contribution in [0.4, 0.5) is 0 Å². The summed E-state index contributed by atoms with van der Waals surface area (Å²) in [6.45, 7) is 1.74. The molecule has 0 aliphatic rings. The Bertz CT molecular complexity index is 437. The van der Waals surface area contributed by atoms with Crippen LogP contribution < -0.4 is 0 Å². The first-order chi connectivity index (χ1) is 12.3. The van der Waals surface area contributed by atoms with Gasteiger partial charge in [0.2, 0.25) is 0 Å². The van der Waals surface area contributed by atoms with Crippen molar-refractivity contribution in [2.24, 2.45) is 5.11 Å². The first-order valence-electron chi connectivity index (χ1n) is 9.70. The van der Waals surface area contributed by atoms with Gasteiger partial charge in [-0.15, -0.1) is 0 Å². The van der Waals surface area contributed by atoms with E-state index in [1.165, 1.54) is 32.1 Å². The molecule has 1 N–H and O–H groups in total. The zero-order valence-electron chi connectivity index (χ0n) is 16.8. The van der Waals surface area contributed by atoms with Crippen LogP contribution in [0.1, 0.15) is 64.2 Å². The van der Waals surface area contributed by atoms with Crippen molar-refractivity contribution in [2.45, 2.75) is 64.2 Å². The Balaban J connectivity index is 3.37. The van der Waals surface area contributed by atoms with Gasteiger partial charge < -0.3 is 9.38 Å². The quantitative estimate of drug-likeness (QED) is 0.0879. The maximum Gasteiger partial charge on any atom is 0.472 e. The molecule has 154 valence electrons. The third-order valence-corrected chi connectivity index (χ3v) is 5.00. The van der Waals surface area contributed by atoms with E-state index in [0.717, 1.165) is 32.1 Å². The van der Waals surface area contributed by atoms with Gasteiger partial charge in [-0.2, -0.15) is 0 Å². The number of likely N-dealkylation sites (N-methyl/N-ethyl adjacent to an activating group) is 1. The Labute approximate surface area is 158 Å². The molecule has 0 aliphatic carbocycles. The summed E-state index contributed by atoms with van der Waals surface area (Å²) in [4.78, 5) is 12.3. The number of phosphoric acid groups is 1. The number of nitrogens with zero attached hydrogens (tertiary/aromatic N) is 4. The lowest BCUT2D eigenvalue weighted by Gasteiger charge is -2.24. The van der Waals surface area contributed by atoms with Crippen molar-refractivity contribution in [3.05, 3.63) is 10.4 Å². The van der Waals surface area contributed by atoms with Crippen molar-refractivity contribution < 1.29 is 23.0 Å². The number of phosphoric ester groups is 1. The zero-order chi connectivity index (χ0) is 19.7. The molecule has 9 heteroatoms. The average Bonchev–Trinajstić information content (AvgIpc) is 2.53. The molecule has 0 spiro atoms. The van der Waals surface area contributed by atoms with Gasteiger partial charge in [0.25, 0.3) is 0 Å². The molecule has 0 aromatic carbocycles. The summed E-state index contributed by atoms with van der Waals surface area (Å²) in [6.07, 6.45) is 11.1. The molecule has 26 heavy (non-hydrogen) atoms. The second-order valence-electron chi connectivity index (χ2n) is 7.64. The van der Waals surface area contributed by atoms with E-state index in [9.17, 15) is 9.46 Å². The fourth-order valence-corrected chi connectivity index (χ4v) is 3.14. The molecule has 0 aromatic rings. The average molecular weight is 393 g/mol. The van der Waals surface area contributed by atoms with Crippen molar-refractivity contribution >= 4 is 7.82 Å². The van der Waals surface area contributed by atoms with Gasteiger partial charge in [0.05, 0.1) is 27.7 Å². The van der Waals surface area contributed by atoms with Crippen LogP contribution in [0.3, 0.4) is 0 Å². The zero-order valence-corrected chi connectivity index (χ0v) is 17.7. The molecule has 0 amide bonds. The summed E-state index contributed by atoms with van der Waals surface area (Å²) < 4.78 is 22.3. The monoisotopic (exact) mass is 393 g/mol. The topological polar surface area (TPSA) is 105 Å². The van der Waals surface area contributed by atoms with E-state index in [1.54, 1.807) is 0 Å². The van der Waals surface area contributed by atoms with Crippen molar-refractivity contribution in [3.8, 4) is 0 Å². The SMILES string of the molecule is C[N+](C)(C)CCOP(=O)(O)OCCCCCCCCCCCCN=[N+]=[N-]. The van der Waals surface area contributed by atoms with Crippen LogP contribution in [0, 0.1) is 0 Å². The van der Waals surface area contributed by atoms with Gasteiger partial charge in [0.1, 0.15) is 13.2 Å². The van der Waals surface area contributed by atoms with E-state index < -0.39 is 7.82 Å². The Morgan fingerprint density at radius 3 is 1.85 bits per heavy atom. The third kappa shape index (κ3) is 19.7. The Hall–Kier alpha value is -0.620. The van der Waals surface area contributed by atoms with Crippen molar-refractivity contribution in [3.63, 3.8) is 0 Å². The van der Waals surface area contributed by atoms with Gasteiger partial charge in [0, 0.05) is 11.5 Å². The maximum absolute atomic E-state index is 11.7. The molecule has 8 nitrogen and oxygen atoms in total. The Kier molecular flexibility index (Phi) is 15.1. The normalized spacial score (nSPS) is 14.0. The summed E-state index contributed by atoms with van der Waals surface area (Å²) in [7, 11) is 2.10. The minimum atomic E-state index is -3.90. The number of hydrogen-bond donors (Lipinski definition) is 1. The van der Waals surface area contributed by atoms with Gasteiger partial charge in [-0.1, -0.05) is 56.5 Å². The van der Waals surface area contributed by atoms with E-state index in [1.807, 2.05) is 21.1 Å². The number of unbranched alkanes of at least 4 members (excludes halogenated alkanes) is 9. The molecule has 0 aliphatic heterocycles. The number of azide groups is 1. The highest BCUT2D eigenvalue weighted by molar-refractivity contribution is 7.47. The maximum atomic E-state index is 11.7. The standard InChI is InChI=1S/C17H37N4O4P/c1-21(2,3)15-17-25-26(22,23)24-16-13-11-9-7-5-4-6-8-10-12-14-19-20-18/h4-17H2,1-3H3/p+1. The van der Waals surface area contributed by atoms with Crippen molar-refractivity contribution in [2.75, 3.05) is 47.4 Å². The van der Waals surface area contributed by atoms with E-state index in [2.05, 4.69) is 10.0 Å². The molecule has 1 atom stereocenters. The third-order valence-electron chi connectivity index (χ3n) is 3.99. The molecule has 0 aromatic heterocycles. The predicted octanol–water partition coefficient (Wildman–Crippen LogP) is 5.04. The first-order valence-corrected chi connectivity index (χ1v) is 11.2. The molecular weight excluding hydrogens is 355 g/mol. The van der Waals surface area contributed by atoms with Crippen molar-refractivity contribution in [1.29, 1.82) is 0 Å². The lowest BCUT2D eigenvalue weighted by atomic mass is 10.1. The molecule has 0 saturated heterocycles. The minimum Gasteiger partial charge on any atom is -0.329 e. The number of rotatable bonds is 18. The molecule has 0 heterocycles. The lowest BCUT2D eigenvalue weighted by molar-refractivity contribution is -0.870. The van der Waals surface area contributed by atoms with Crippen LogP contribution in [0.15, 0.2) is 5.11 Å². The minimum absolute atomic E-state index is 0.211. The van der Waals surface area contributed by atoms with E-state index >= 15 is 0 Å². The Morgan fingerprint density at radius 1 is 0.885 bits per heavy atom. The lowest BCUT2D eigenvalue weighted by Crippen LogP contribution is -2.37. The van der Waals surface area contributed by atoms with Crippen LogP contribution in [-0.4, -0.2) is 56.8 Å². The molecule has 1 unspecified atom stereocenters. The fourth-order valence-electron chi connectivity index (χ4n) is 2.39. The number of hydrogen-bond acceptors (Lipinski definition) is 4. The largest absolute Gasteiger partial charge is 0.472 e. The Morgan fingerprint density at radius 2 is 1.35 bits per heavy atom. The van der Waals surface area contributed by atoms with E-state index in [-0.39, 0.29) is 13.2 Å². The van der Waals surface area contributed by atoms with Gasteiger partial charge in [-0.3, -0.25) is 9.05 Å². The van der Waals surface area contributed by atoms with Gasteiger partial charge >= 0.3 is 7.82 Å². The van der Waals surface area contributed by atoms with E-state index in [0.29, 0.717) is 17.6 Å². The summed E-state index contributed by atoms with van der Waals surface area (Å²) in [6, 6.07) is 0. The highest BCUT2D eigenvalue weighted by atomic mass is 31.2. The van der Waals surface area contributed by atoms with Crippen LogP contribution >= 0.6 is 7.82 Å². The molecule has 0 saturated carbocycles. The van der Waals surface area contributed by atoms with Crippen LogP contribution in [0.2, 0.25) is 0 Å². The highest BCUT2D eigenvalue weighted by Gasteiger charge is 2.21. The molecule has 0 rings (SSSR count). The predicted molar refractivity (Wildman–Crippen MR) is 105 cm³/mol. The summed E-state index contributed by atoms with van der Waals surface area (Å²) >= 11 is 0. The summed E-state index contributed by atoms with van der Waals surface area (Å²) in [5, 5.41) is 3.52. The van der Waals surface area contributed by atoms with Crippen LogP contribution in [-0.2, 0) is 13.6 Å². The second kappa shape index (κ2) is 15.4. The fraction of sp³-hybridized carbons (Fsp3) is 1.00. The highest BCUT2D eigenvalue weighted by Crippen LogP contribution is 2.43.